The zero-order valence-electron chi connectivity index (χ0n) is 22.4. The minimum atomic E-state index is -1.74. The quantitative estimate of drug-likeness (QED) is 0.408. The lowest BCUT2D eigenvalue weighted by Crippen LogP contribution is -2.43. The average Bonchev–Trinajstić information content (AvgIpc) is 3.31. The molecule has 0 radical (unpaired) electrons. The first-order valence-electron chi connectivity index (χ1n) is 13.7. The summed E-state index contributed by atoms with van der Waals surface area (Å²) in [6.07, 6.45) is 2.33. The summed E-state index contributed by atoms with van der Waals surface area (Å²) in [5.41, 5.74) is 3.24. The molecule has 2 aromatic heterocycles. The number of aromatic nitrogens is 2. The van der Waals surface area contributed by atoms with E-state index in [1.54, 1.807) is 29.4 Å². The highest BCUT2D eigenvalue weighted by Gasteiger charge is 2.44. The number of benzene rings is 1. The predicted molar refractivity (Wildman–Crippen MR) is 143 cm³/mol. The number of carbonyl (C=O) groups excluding carboxylic acids is 2. The van der Waals surface area contributed by atoms with Crippen LogP contribution in [0.15, 0.2) is 16.9 Å². The largest absolute Gasteiger partial charge is 0.387 e. The molecule has 1 aliphatic heterocycles. The van der Waals surface area contributed by atoms with Crippen LogP contribution in [0.2, 0.25) is 0 Å². The van der Waals surface area contributed by atoms with Gasteiger partial charge in [0.05, 0.1) is 29.5 Å². The minimum absolute atomic E-state index is 0.103. The molecule has 8 nitrogen and oxygen atoms in total. The Hall–Kier alpha value is -3.43. The van der Waals surface area contributed by atoms with E-state index in [1.165, 1.54) is 6.07 Å². The van der Waals surface area contributed by atoms with E-state index in [1.807, 2.05) is 6.92 Å². The maximum Gasteiger partial charge on any atom is 0.254 e. The van der Waals surface area contributed by atoms with Crippen LogP contribution in [0.4, 0.5) is 4.39 Å². The molecule has 0 saturated heterocycles. The molecule has 2 N–H and O–H groups in total. The second kappa shape index (κ2) is 9.06. The summed E-state index contributed by atoms with van der Waals surface area (Å²) in [5, 5.41) is 21.9. The number of nitrogens with zero attached hydrogens (tertiary/aromatic N) is 3. The number of halogens is 1. The number of aliphatic hydroxyl groups excluding tert-OH is 1. The second-order valence-electron chi connectivity index (χ2n) is 11.0. The number of fused-ring (bicyclic) bond motifs is 5. The highest BCUT2D eigenvalue weighted by atomic mass is 19.1. The molecule has 39 heavy (non-hydrogen) atoms. The molecule has 0 unspecified atom stereocenters. The lowest BCUT2D eigenvalue weighted by Gasteiger charge is -2.37. The molecule has 3 aliphatic rings. The number of pyridine rings is 2. The van der Waals surface area contributed by atoms with Gasteiger partial charge in [0.25, 0.3) is 5.56 Å². The number of aliphatic hydroxyl groups is 2. The van der Waals surface area contributed by atoms with Crippen molar-refractivity contribution >= 4 is 22.6 Å². The van der Waals surface area contributed by atoms with Crippen LogP contribution in [0.3, 0.4) is 0 Å². The van der Waals surface area contributed by atoms with Crippen LogP contribution in [-0.4, -0.2) is 49.5 Å². The Labute approximate surface area is 225 Å². The fraction of sp³-hybridized carbons (Fsp3) is 0.467. The van der Waals surface area contributed by atoms with Crippen molar-refractivity contribution in [2.45, 2.75) is 77.5 Å². The number of ketones is 1. The molecule has 3 aromatic rings. The molecule has 6 rings (SSSR count). The fourth-order valence-corrected chi connectivity index (χ4v) is 7.01. The second-order valence-corrected chi connectivity index (χ2v) is 11.0. The number of Topliss-reactive ketones (excluding diaryl/α,β-unsaturated/α-hetero) is 1. The SMILES string of the molecule is CCCN(C(=O)CO)[C@H]1CCc2c(C)c(F)cc3nc4c(c1c23)Cn1c-4cc2c(c1=O)CCC(=O)[C@]2(O)CC. The zero-order valence-corrected chi connectivity index (χ0v) is 22.4. The van der Waals surface area contributed by atoms with Crippen molar-refractivity contribution in [3.05, 3.63) is 61.7 Å². The van der Waals surface area contributed by atoms with Crippen LogP contribution < -0.4 is 5.56 Å². The van der Waals surface area contributed by atoms with Gasteiger partial charge in [-0.15, -0.1) is 0 Å². The van der Waals surface area contributed by atoms with Gasteiger partial charge in [-0.1, -0.05) is 13.8 Å². The molecule has 3 heterocycles. The monoisotopic (exact) mass is 533 g/mol. The third kappa shape index (κ3) is 3.49. The van der Waals surface area contributed by atoms with Gasteiger partial charge in [-0.25, -0.2) is 9.37 Å². The highest BCUT2D eigenvalue weighted by Crippen LogP contribution is 2.47. The van der Waals surface area contributed by atoms with Crippen molar-refractivity contribution in [1.82, 2.24) is 14.5 Å². The standard InChI is InChI=1S/C30H32FN3O5/c1-4-10-33(25(37)14-35)22-8-6-16-15(3)20(31)12-21-26(16)27(22)18-13-34-23(28(18)32-21)11-19-17(29(34)38)7-9-24(36)30(19,39)5-2/h11-12,22,35,39H,4-10,13-14H2,1-3H3/t22-,30-/m0/s1. The van der Waals surface area contributed by atoms with E-state index >= 15 is 4.39 Å². The molecular weight excluding hydrogens is 501 g/mol. The summed E-state index contributed by atoms with van der Waals surface area (Å²) >= 11 is 0. The molecule has 0 saturated carbocycles. The van der Waals surface area contributed by atoms with Crippen molar-refractivity contribution in [3.63, 3.8) is 0 Å². The van der Waals surface area contributed by atoms with Gasteiger partial charge >= 0.3 is 0 Å². The van der Waals surface area contributed by atoms with E-state index in [9.17, 15) is 24.6 Å². The number of hydrogen-bond acceptors (Lipinski definition) is 6. The summed E-state index contributed by atoms with van der Waals surface area (Å²) in [6, 6.07) is 2.75. The number of aryl methyl sites for hydroxylation is 1. The van der Waals surface area contributed by atoms with Crippen LogP contribution in [0.1, 0.15) is 79.0 Å². The lowest BCUT2D eigenvalue weighted by atomic mass is 9.77. The normalized spacial score (nSPS) is 21.1. The van der Waals surface area contributed by atoms with Crippen molar-refractivity contribution in [2.75, 3.05) is 13.2 Å². The van der Waals surface area contributed by atoms with Gasteiger partial charge in [0.15, 0.2) is 5.78 Å². The van der Waals surface area contributed by atoms with Crippen LogP contribution in [0, 0.1) is 12.7 Å². The number of carbonyl (C=O) groups is 2. The summed E-state index contributed by atoms with van der Waals surface area (Å²) in [6.45, 7) is 5.51. The average molecular weight is 534 g/mol. The molecule has 9 heteroatoms. The molecule has 0 fully saturated rings. The zero-order chi connectivity index (χ0) is 27.8. The first kappa shape index (κ1) is 25.8. The Bertz CT molecular complexity index is 1640. The topological polar surface area (TPSA) is 113 Å². The summed E-state index contributed by atoms with van der Waals surface area (Å²) in [7, 11) is 0. The Kier molecular flexibility index (Phi) is 6.00. The van der Waals surface area contributed by atoms with Crippen molar-refractivity contribution in [1.29, 1.82) is 0 Å². The van der Waals surface area contributed by atoms with E-state index in [0.717, 1.165) is 22.1 Å². The predicted octanol–water partition coefficient (Wildman–Crippen LogP) is 3.20. The Morgan fingerprint density at radius 1 is 1.18 bits per heavy atom. The van der Waals surface area contributed by atoms with Crippen molar-refractivity contribution in [3.8, 4) is 11.4 Å². The first-order chi connectivity index (χ1) is 18.7. The van der Waals surface area contributed by atoms with Gasteiger partial charge in [-0.3, -0.25) is 14.4 Å². The highest BCUT2D eigenvalue weighted by molar-refractivity contribution is 5.94. The minimum Gasteiger partial charge on any atom is -0.387 e. The van der Waals surface area contributed by atoms with Gasteiger partial charge < -0.3 is 19.7 Å². The fourth-order valence-electron chi connectivity index (χ4n) is 7.01. The Balaban J connectivity index is 1.67. The lowest BCUT2D eigenvalue weighted by molar-refractivity contribution is -0.140. The van der Waals surface area contributed by atoms with E-state index in [-0.39, 0.29) is 54.9 Å². The molecule has 2 aliphatic carbocycles. The van der Waals surface area contributed by atoms with Crippen LogP contribution in [0.25, 0.3) is 22.3 Å². The third-order valence-corrected chi connectivity index (χ3v) is 9.02. The number of hydrogen-bond donors (Lipinski definition) is 2. The Morgan fingerprint density at radius 3 is 2.64 bits per heavy atom. The van der Waals surface area contributed by atoms with Crippen molar-refractivity contribution in [2.24, 2.45) is 0 Å². The molecular formula is C30H32FN3O5. The molecule has 1 aromatic carbocycles. The third-order valence-electron chi connectivity index (χ3n) is 9.02. The summed E-state index contributed by atoms with van der Waals surface area (Å²) < 4.78 is 16.7. The first-order valence-corrected chi connectivity index (χ1v) is 13.7. The molecule has 204 valence electrons. The van der Waals surface area contributed by atoms with Gasteiger partial charge in [0, 0.05) is 41.1 Å². The van der Waals surface area contributed by atoms with Gasteiger partial charge in [0.2, 0.25) is 5.91 Å². The van der Waals surface area contributed by atoms with E-state index in [4.69, 9.17) is 4.98 Å². The molecule has 0 bridgehead atoms. The molecule has 1 amide bonds. The number of rotatable bonds is 5. The smallest absolute Gasteiger partial charge is 0.254 e. The van der Waals surface area contributed by atoms with Crippen molar-refractivity contribution < 1.29 is 24.2 Å². The Morgan fingerprint density at radius 2 is 1.95 bits per heavy atom. The van der Waals surface area contributed by atoms with E-state index in [0.29, 0.717) is 59.4 Å². The van der Waals surface area contributed by atoms with Gasteiger partial charge in [-0.05, 0) is 61.8 Å². The van der Waals surface area contributed by atoms with Crippen LogP contribution in [-0.2, 0) is 34.6 Å². The van der Waals surface area contributed by atoms with Crippen LogP contribution >= 0.6 is 0 Å². The van der Waals surface area contributed by atoms with Gasteiger partial charge in [-0.2, -0.15) is 0 Å². The summed E-state index contributed by atoms with van der Waals surface area (Å²) in [5.74, 6) is -1.04. The van der Waals surface area contributed by atoms with E-state index < -0.39 is 12.2 Å². The molecule has 0 spiro atoms. The number of amides is 1. The van der Waals surface area contributed by atoms with Crippen LogP contribution in [0.5, 0.6) is 0 Å². The van der Waals surface area contributed by atoms with E-state index in [2.05, 4.69) is 0 Å². The summed E-state index contributed by atoms with van der Waals surface area (Å²) in [4.78, 5) is 46.0. The maximum atomic E-state index is 15.1. The van der Waals surface area contributed by atoms with Gasteiger partial charge in [0.1, 0.15) is 18.0 Å². The molecule has 2 atom stereocenters. The maximum absolute atomic E-state index is 15.1.